The van der Waals surface area contributed by atoms with E-state index in [1.54, 1.807) is 49.5 Å². The SMILES string of the molecule is CC(C)COC(=O)Nc1ccc2c(c1)n(C(=O)Nc1ccccc1)c(=O)n2C. The molecule has 0 bridgehead atoms. The Morgan fingerprint density at radius 3 is 2.39 bits per heavy atom. The van der Waals surface area contributed by atoms with Crippen LogP contribution < -0.4 is 16.3 Å². The molecule has 0 fully saturated rings. The molecular formula is C20H22N4O4. The minimum absolute atomic E-state index is 0.217. The number of fused-ring (bicyclic) bond motifs is 1. The molecule has 0 saturated heterocycles. The number of benzene rings is 2. The van der Waals surface area contributed by atoms with Gasteiger partial charge in [-0.3, -0.25) is 9.88 Å². The van der Waals surface area contributed by atoms with E-state index in [1.807, 2.05) is 19.9 Å². The molecule has 8 nitrogen and oxygen atoms in total. The summed E-state index contributed by atoms with van der Waals surface area (Å²) in [6.45, 7) is 4.17. The highest BCUT2D eigenvalue weighted by atomic mass is 16.5. The van der Waals surface area contributed by atoms with Crippen molar-refractivity contribution in [2.45, 2.75) is 13.8 Å². The molecule has 0 spiro atoms. The minimum Gasteiger partial charge on any atom is -0.449 e. The molecule has 1 aromatic heterocycles. The third-order valence-corrected chi connectivity index (χ3v) is 4.08. The van der Waals surface area contributed by atoms with Gasteiger partial charge in [0.25, 0.3) is 0 Å². The molecule has 0 atom stereocenters. The molecule has 0 aliphatic carbocycles. The third kappa shape index (κ3) is 4.06. The summed E-state index contributed by atoms with van der Waals surface area (Å²) in [5, 5.41) is 5.31. The lowest BCUT2D eigenvalue weighted by Gasteiger charge is -2.09. The number of imidazole rings is 1. The van der Waals surface area contributed by atoms with Crippen LogP contribution >= 0.6 is 0 Å². The predicted molar refractivity (Wildman–Crippen MR) is 108 cm³/mol. The summed E-state index contributed by atoms with van der Waals surface area (Å²) in [6.07, 6.45) is -0.591. The predicted octanol–water partition coefficient (Wildman–Crippen LogP) is 3.62. The zero-order valence-electron chi connectivity index (χ0n) is 15.9. The lowest BCUT2D eigenvalue weighted by molar-refractivity contribution is 0.147. The van der Waals surface area contributed by atoms with E-state index in [4.69, 9.17) is 4.74 Å². The van der Waals surface area contributed by atoms with E-state index >= 15 is 0 Å². The molecule has 28 heavy (non-hydrogen) atoms. The number of amides is 2. The molecule has 2 N–H and O–H groups in total. The maximum absolute atomic E-state index is 12.7. The van der Waals surface area contributed by atoms with E-state index in [0.717, 1.165) is 4.57 Å². The van der Waals surface area contributed by atoms with Crippen molar-refractivity contribution >= 4 is 34.5 Å². The van der Waals surface area contributed by atoms with Crippen LogP contribution in [0, 0.1) is 5.92 Å². The monoisotopic (exact) mass is 382 g/mol. The maximum Gasteiger partial charge on any atom is 0.411 e. The van der Waals surface area contributed by atoms with Crippen molar-refractivity contribution in [1.82, 2.24) is 9.13 Å². The van der Waals surface area contributed by atoms with Crippen LogP contribution in [0.4, 0.5) is 21.0 Å². The Bertz CT molecular complexity index is 1070. The Morgan fingerprint density at radius 1 is 1.00 bits per heavy atom. The number of para-hydroxylation sites is 1. The van der Waals surface area contributed by atoms with Gasteiger partial charge in [0.15, 0.2) is 0 Å². The molecule has 3 rings (SSSR count). The number of rotatable bonds is 4. The van der Waals surface area contributed by atoms with Crippen molar-refractivity contribution in [1.29, 1.82) is 0 Å². The van der Waals surface area contributed by atoms with Crippen LogP contribution in [0.15, 0.2) is 53.3 Å². The van der Waals surface area contributed by atoms with Crippen LogP contribution in [0.1, 0.15) is 13.8 Å². The molecular weight excluding hydrogens is 360 g/mol. The average molecular weight is 382 g/mol. The van der Waals surface area contributed by atoms with E-state index in [-0.39, 0.29) is 5.92 Å². The summed E-state index contributed by atoms with van der Waals surface area (Å²) in [5.74, 6) is 0.217. The quantitative estimate of drug-likeness (QED) is 0.720. The number of anilines is 2. The van der Waals surface area contributed by atoms with Gasteiger partial charge in [0, 0.05) is 18.4 Å². The zero-order chi connectivity index (χ0) is 20.3. The molecule has 146 valence electrons. The van der Waals surface area contributed by atoms with Gasteiger partial charge in [0.1, 0.15) is 0 Å². The highest BCUT2D eigenvalue weighted by Crippen LogP contribution is 2.19. The van der Waals surface area contributed by atoms with Gasteiger partial charge in [-0.05, 0) is 36.2 Å². The van der Waals surface area contributed by atoms with Gasteiger partial charge in [-0.1, -0.05) is 32.0 Å². The standard InChI is InChI=1S/C20H22N4O4/c1-13(2)12-28-19(26)22-15-9-10-16-17(11-15)24(20(27)23(16)3)18(25)21-14-7-5-4-6-8-14/h4-11,13H,12H2,1-3H3,(H,21,25)(H,22,26). The normalized spacial score (nSPS) is 10.9. The second kappa shape index (κ2) is 7.99. The summed E-state index contributed by atoms with van der Waals surface area (Å²) in [5.41, 5.74) is 1.45. The number of hydrogen-bond donors (Lipinski definition) is 2. The second-order valence-electron chi connectivity index (χ2n) is 6.79. The van der Waals surface area contributed by atoms with E-state index in [2.05, 4.69) is 10.6 Å². The molecule has 1 heterocycles. The van der Waals surface area contributed by atoms with Crippen molar-refractivity contribution in [3.8, 4) is 0 Å². The first-order valence-electron chi connectivity index (χ1n) is 8.88. The molecule has 2 aromatic carbocycles. The molecule has 2 amide bonds. The van der Waals surface area contributed by atoms with Crippen molar-refractivity contribution in [2.75, 3.05) is 17.2 Å². The number of carbonyl (C=O) groups excluding carboxylic acids is 2. The second-order valence-corrected chi connectivity index (χ2v) is 6.79. The first kappa shape index (κ1) is 19.2. The largest absolute Gasteiger partial charge is 0.449 e. The van der Waals surface area contributed by atoms with Crippen LogP contribution in [0.3, 0.4) is 0 Å². The molecule has 0 aliphatic heterocycles. The zero-order valence-corrected chi connectivity index (χ0v) is 15.9. The van der Waals surface area contributed by atoms with Crippen LogP contribution in [-0.4, -0.2) is 27.9 Å². The van der Waals surface area contributed by atoms with Crippen molar-refractivity contribution < 1.29 is 14.3 Å². The number of nitrogens with one attached hydrogen (secondary N) is 2. The van der Waals surface area contributed by atoms with Gasteiger partial charge in [-0.2, -0.15) is 0 Å². The van der Waals surface area contributed by atoms with Crippen LogP contribution in [-0.2, 0) is 11.8 Å². The number of aromatic nitrogens is 2. The first-order chi connectivity index (χ1) is 13.4. The van der Waals surface area contributed by atoms with E-state index in [0.29, 0.717) is 29.0 Å². The van der Waals surface area contributed by atoms with Gasteiger partial charge in [-0.25, -0.2) is 19.0 Å². The molecule has 0 saturated carbocycles. The fourth-order valence-corrected chi connectivity index (χ4v) is 2.71. The smallest absolute Gasteiger partial charge is 0.411 e. The maximum atomic E-state index is 12.7. The number of ether oxygens (including phenoxy) is 1. The number of nitrogens with zero attached hydrogens (tertiary/aromatic N) is 2. The molecule has 3 aromatic rings. The van der Waals surface area contributed by atoms with Gasteiger partial charge in [0.2, 0.25) is 0 Å². The van der Waals surface area contributed by atoms with Crippen LogP contribution in [0.2, 0.25) is 0 Å². The van der Waals surface area contributed by atoms with Crippen LogP contribution in [0.25, 0.3) is 11.0 Å². The van der Waals surface area contributed by atoms with Crippen molar-refractivity contribution in [3.63, 3.8) is 0 Å². The highest BCUT2D eigenvalue weighted by molar-refractivity contribution is 5.98. The molecule has 8 heteroatoms. The lowest BCUT2D eigenvalue weighted by atomic mass is 10.2. The van der Waals surface area contributed by atoms with Gasteiger partial charge in [0.05, 0.1) is 17.6 Å². The number of hydrogen-bond acceptors (Lipinski definition) is 4. The Morgan fingerprint density at radius 2 is 1.71 bits per heavy atom. The van der Waals surface area contributed by atoms with Gasteiger partial charge >= 0.3 is 17.8 Å². The Kier molecular flexibility index (Phi) is 5.49. The Labute approximate surface area is 161 Å². The number of aryl methyl sites for hydroxylation is 1. The Hall–Kier alpha value is -3.55. The summed E-state index contributed by atoms with van der Waals surface area (Å²) in [6, 6.07) is 13.2. The third-order valence-electron chi connectivity index (χ3n) is 4.08. The van der Waals surface area contributed by atoms with Crippen molar-refractivity contribution in [2.24, 2.45) is 13.0 Å². The fraction of sp³-hybridized carbons (Fsp3) is 0.250. The average Bonchev–Trinajstić information content (AvgIpc) is 2.91. The summed E-state index contributed by atoms with van der Waals surface area (Å²) >= 11 is 0. The molecule has 0 radical (unpaired) electrons. The summed E-state index contributed by atoms with van der Waals surface area (Å²) in [7, 11) is 1.58. The summed E-state index contributed by atoms with van der Waals surface area (Å²) in [4.78, 5) is 37.2. The topological polar surface area (TPSA) is 94.4 Å². The van der Waals surface area contributed by atoms with Gasteiger partial charge in [-0.15, -0.1) is 0 Å². The summed E-state index contributed by atoms with van der Waals surface area (Å²) < 4.78 is 7.51. The van der Waals surface area contributed by atoms with E-state index in [9.17, 15) is 14.4 Å². The fourth-order valence-electron chi connectivity index (χ4n) is 2.71. The molecule has 0 unspecified atom stereocenters. The lowest BCUT2D eigenvalue weighted by Crippen LogP contribution is -2.31. The molecule has 0 aliphatic rings. The van der Waals surface area contributed by atoms with E-state index < -0.39 is 17.8 Å². The van der Waals surface area contributed by atoms with Crippen LogP contribution in [0.5, 0.6) is 0 Å². The van der Waals surface area contributed by atoms with E-state index in [1.165, 1.54) is 4.57 Å². The minimum atomic E-state index is -0.591. The first-order valence-corrected chi connectivity index (χ1v) is 8.88. The Balaban J connectivity index is 1.91. The van der Waals surface area contributed by atoms with Crippen molar-refractivity contribution in [3.05, 3.63) is 59.0 Å². The number of carbonyl (C=O) groups is 2. The highest BCUT2D eigenvalue weighted by Gasteiger charge is 2.18. The van der Waals surface area contributed by atoms with Gasteiger partial charge < -0.3 is 10.1 Å².